The summed E-state index contributed by atoms with van der Waals surface area (Å²) < 4.78 is 16.9. The Kier molecular flexibility index (Phi) is 7.38. The Hall–Kier alpha value is -0.620. The van der Waals surface area contributed by atoms with Gasteiger partial charge >= 0.3 is 0 Å². The molecule has 0 saturated heterocycles. The van der Waals surface area contributed by atoms with Crippen molar-refractivity contribution in [3.63, 3.8) is 0 Å². The number of methoxy groups -OCH3 is 1. The molecule has 0 aromatic heterocycles. The zero-order valence-electron chi connectivity index (χ0n) is 11.6. The van der Waals surface area contributed by atoms with Crippen molar-refractivity contribution in [1.29, 1.82) is 0 Å². The number of aliphatic hydroxyl groups is 1. The number of benzene rings is 1. The fraction of sp³-hybridized carbons (Fsp3) is 0.571. The Morgan fingerprint density at radius 1 is 1.21 bits per heavy atom. The Bertz CT molecular complexity index is 378. The summed E-state index contributed by atoms with van der Waals surface area (Å²) >= 11 is 3.47. The van der Waals surface area contributed by atoms with E-state index in [0.717, 1.165) is 15.8 Å². The zero-order chi connectivity index (χ0) is 14.3. The van der Waals surface area contributed by atoms with Crippen LogP contribution < -0.4 is 4.74 Å². The van der Waals surface area contributed by atoms with Gasteiger partial charge in [0.2, 0.25) is 0 Å². The van der Waals surface area contributed by atoms with Gasteiger partial charge in [-0.1, -0.05) is 15.9 Å². The molecule has 0 radical (unpaired) electrons. The number of aliphatic hydroxyl groups excluding tert-OH is 1. The van der Waals surface area contributed by atoms with Gasteiger partial charge < -0.3 is 19.3 Å². The molecule has 0 saturated carbocycles. The van der Waals surface area contributed by atoms with Crippen molar-refractivity contribution in [2.75, 3.05) is 20.3 Å². The Balaban J connectivity index is 2.75. The van der Waals surface area contributed by atoms with Crippen molar-refractivity contribution in [3.05, 3.63) is 28.2 Å². The first-order valence-corrected chi connectivity index (χ1v) is 7.15. The average Bonchev–Trinajstić information content (AvgIpc) is 2.41. The number of hydrogen-bond donors (Lipinski definition) is 1. The first kappa shape index (κ1) is 16.4. The molecule has 4 nitrogen and oxygen atoms in total. The standard InChI is InChI=1S/C14H21BrO4/c1-4-18-14(19-5-2)13(16)9-10-8-11(17-3)6-7-12(10)15/h6-8,13-14,16H,4-5,9H2,1-3H3. The Labute approximate surface area is 122 Å². The lowest BCUT2D eigenvalue weighted by molar-refractivity contribution is -0.188. The van der Waals surface area contributed by atoms with Crippen LogP contribution in [-0.4, -0.2) is 37.8 Å². The maximum absolute atomic E-state index is 10.2. The number of rotatable bonds is 8. The SMILES string of the molecule is CCOC(OCC)C(O)Cc1cc(OC)ccc1Br. The molecule has 1 unspecified atom stereocenters. The summed E-state index contributed by atoms with van der Waals surface area (Å²) in [5.41, 5.74) is 0.955. The molecule has 0 spiro atoms. The van der Waals surface area contributed by atoms with E-state index in [1.807, 2.05) is 32.0 Å². The average molecular weight is 333 g/mol. The van der Waals surface area contributed by atoms with E-state index in [1.165, 1.54) is 0 Å². The topological polar surface area (TPSA) is 47.9 Å². The first-order chi connectivity index (χ1) is 9.12. The van der Waals surface area contributed by atoms with E-state index in [1.54, 1.807) is 7.11 Å². The number of ether oxygens (including phenoxy) is 3. The molecule has 0 aliphatic heterocycles. The van der Waals surface area contributed by atoms with Crippen LogP contribution in [0.1, 0.15) is 19.4 Å². The lowest BCUT2D eigenvalue weighted by Gasteiger charge is -2.23. The smallest absolute Gasteiger partial charge is 0.183 e. The van der Waals surface area contributed by atoms with Crippen molar-refractivity contribution in [2.24, 2.45) is 0 Å². The molecule has 1 N–H and O–H groups in total. The summed E-state index contributed by atoms with van der Waals surface area (Å²) in [6.45, 7) is 4.75. The maximum Gasteiger partial charge on any atom is 0.183 e. The largest absolute Gasteiger partial charge is 0.497 e. The first-order valence-electron chi connectivity index (χ1n) is 6.36. The van der Waals surface area contributed by atoms with Gasteiger partial charge in [-0.15, -0.1) is 0 Å². The minimum absolute atomic E-state index is 0.433. The van der Waals surface area contributed by atoms with E-state index >= 15 is 0 Å². The molecule has 0 fully saturated rings. The molecule has 108 valence electrons. The molecule has 0 aliphatic rings. The van der Waals surface area contributed by atoms with Gasteiger partial charge in [-0.05, 0) is 37.6 Å². The van der Waals surface area contributed by atoms with Crippen molar-refractivity contribution >= 4 is 15.9 Å². The molecular formula is C14H21BrO4. The van der Waals surface area contributed by atoms with Crippen LogP contribution in [0.25, 0.3) is 0 Å². The fourth-order valence-corrected chi connectivity index (χ4v) is 2.16. The molecule has 5 heteroatoms. The van der Waals surface area contributed by atoms with E-state index < -0.39 is 12.4 Å². The summed E-state index contributed by atoms with van der Waals surface area (Å²) in [7, 11) is 1.62. The third-order valence-electron chi connectivity index (χ3n) is 2.66. The monoisotopic (exact) mass is 332 g/mol. The van der Waals surface area contributed by atoms with Gasteiger partial charge in [0.05, 0.1) is 7.11 Å². The fourth-order valence-electron chi connectivity index (χ4n) is 1.75. The molecule has 1 atom stereocenters. The Morgan fingerprint density at radius 3 is 2.37 bits per heavy atom. The van der Waals surface area contributed by atoms with Crippen molar-refractivity contribution in [1.82, 2.24) is 0 Å². The number of halogens is 1. The summed E-state index contributed by atoms with van der Waals surface area (Å²) in [6, 6.07) is 5.65. The highest BCUT2D eigenvalue weighted by Crippen LogP contribution is 2.24. The van der Waals surface area contributed by atoms with Crippen LogP contribution in [0, 0.1) is 0 Å². The van der Waals surface area contributed by atoms with Gasteiger partial charge in [0.25, 0.3) is 0 Å². The van der Waals surface area contributed by atoms with Gasteiger partial charge in [0.1, 0.15) is 11.9 Å². The maximum atomic E-state index is 10.2. The number of hydrogen-bond acceptors (Lipinski definition) is 4. The molecule has 0 bridgehead atoms. The minimum Gasteiger partial charge on any atom is -0.497 e. The van der Waals surface area contributed by atoms with E-state index in [4.69, 9.17) is 14.2 Å². The highest BCUT2D eigenvalue weighted by Gasteiger charge is 2.21. The Morgan fingerprint density at radius 2 is 1.84 bits per heavy atom. The normalized spacial score (nSPS) is 12.7. The molecule has 0 heterocycles. The van der Waals surface area contributed by atoms with Crippen LogP contribution in [0.5, 0.6) is 5.75 Å². The van der Waals surface area contributed by atoms with Gasteiger partial charge in [-0.3, -0.25) is 0 Å². The predicted molar refractivity (Wildman–Crippen MR) is 77.4 cm³/mol. The quantitative estimate of drug-likeness (QED) is 0.743. The van der Waals surface area contributed by atoms with Gasteiger partial charge in [0.15, 0.2) is 6.29 Å². The van der Waals surface area contributed by atoms with Crippen LogP contribution in [0.4, 0.5) is 0 Å². The summed E-state index contributed by atoms with van der Waals surface area (Å²) in [4.78, 5) is 0. The van der Waals surface area contributed by atoms with Crippen molar-refractivity contribution in [2.45, 2.75) is 32.7 Å². The second-order valence-corrected chi connectivity index (χ2v) is 4.86. The van der Waals surface area contributed by atoms with Gasteiger partial charge in [-0.2, -0.15) is 0 Å². The van der Waals surface area contributed by atoms with Crippen LogP contribution in [0.2, 0.25) is 0 Å². The summed E-state index contributed by atoms with van der Waals surface area (Å²) in [6.07, 6.45) is -0.890. The van der Waals surface area contributed by atoms with Crippen LogP contribution >= 0.6 is 15.9 Å². The molecule has 1 rings (SSSR count). The van der Waals surface area contributed by atoms with Gasteiger partial charge in [-0.25, -0.2) is 0 Å². The third-order valence-corrected chi connectivity index (χ3v) is 3.43. The second kappa shape index (κ2) is 8.53. The minimum atomic E-state index is -0.719. The predicted octanol–water partition coefficient (Wildman–Crippen LogP) is 2.76. The van der Waals surface area contributed by atoms with Gasteiger partial charge in [0, 0.05) is 24.1 Å². The molecule has 1 aromatic carbocycles. The third kappa shape index (κ3) is 5.10. The molecule has 0 amide bonds. The van der Waals surface area contributed by atoms with E-state index in [-0.39, 0.29) is 0 Å². The molecular weight excluding hydrogens is 312 g/mol. The van der Waals surface area contributed by atoms with E-state index in [2.05, 4.69) is 15.9 Å². The van der Waals surface area contributed by atoms with Crippen LogP contribution in [-0.2, 0) is 15.9 Å². The molecule has 1 aromatic rings. The molecule has 19 heavy (non-hydrogen) atoms. The lowest BCUT2D eigenvalue weighted by Crippen LogP contribution is -2.33. The van der Waals surface area contributed by atoms with E-state index in [9.17, 15) is 5.11 Å². The van der Waals surface area contributed by atoms with E-state index in [0.29, 0.717) is 19.6 Å². The lowest BCUT2D eigenvalue weighted by atomic mass is 10.1. The van der Waals surface area contributed by atoms with Crippen molar-refractivity contribution < 1.29 is 19.3 Å². The second-order valence-electron chi connectivity index (χ2n) is 4.01. The van der Waals surface area contributed by atoms with Crippen molar-refractivity contribution in [3.8, 4) is 5.75 Å². The van der Waals surface area contributed by atoms with Crippen LogP contribution in [0.3, 0.4) is 0 Å². The highest BCUT2D eigenvalue weighted by molar-refractivity contribution is 9.10. The molecule has 0 aliphatic carbocycles. The summed E-state index contributed by atoms with van der Waals surface area (Å²) in [5, 5.41) is 10.2. The van der Waals surface area contributed by atoms with Crippen LogP contribution in [0.15, 0.2) is 22.7 Å². The summed E-state index contributed by atoms with van der Waals surface area (Å²) in [5.74, 6) is 0.759. The highest BCUT2D eigenvalue weighted by atomic mass is 79.9. The zero-order valence-corrected chi connectivity index (χ0v) is 13.1.